The molecular weight excluding hydrogens is 350 g/mol. The molecule has 7 heteroatoms. The summed E-state index contributed by atoms with van der Waals surface area (Å²) in [5.41, 5.74) is 0.948. The third-order valence-corrected chi connectivity index (χ3v) is 4.85. The lowest BCUT2D eigenvalue weighted by atomic mass is 10.2. The fourth-order valence-electron chi connectivity index (χ4n) is 2.67. The predicted molar refractivity (Wildman–Crippen MR) is 101 cm³/mol. The molecule has 0 saturated carbocycles. The maximum Gasteiger partial charge on any atom is 0.410 e. The van der Waals surface area contributed by atoms with Crippen LogP contribution >= 0.6 is 11.3 Å². The first-order valence-corrected chi connectivity index (χ1v) is 9.49. The lowest BCUT2D eigenvalue weighted by Gasteiger charge is -2.35. The summed E-state index contributed by atoms with van der Waals surface area (Å²) in [4.78, 5) is 32.7. The first kappa shape index (κ1) is 18.4. The second-order valence-corrected chi connectivity index (χ2v) is 8.02. The summed E-state index contributed by atoms with van der Waals surface area (Å²) in [6.07, 6.45) is -0.329. The standard InChI is InChI=1S/C19H23N3O3S/c1-19(2,3)25-18(24)22-11-9-21(10-12-22)17(23)15-13-26-16(20-15)14-7-5-4-6-8-14/h4-8,13H,9-12H2,1-3H3. The van der Waals surface area contributed by atoms with Gasteiger partial charge in [-0.05, 0) is 20.8 Å². The maximum absolute atomic E-state index is 12.7. The monoisotopic (exact) mass is 373 g/mol. The SMILES string of the molecule is CC(C)(C)OC(=O)N1CCN(C(=O)c2csc(-c3ccccc3)n2)CC1. The zero-order valence-electron chi connectivity index (χ0n) is 15.3. The molecule has 0 aliphatic carbocycles. The molecular formula is C19H23N3O3S. The molecule has 0 bridgehead atoms. The largest absolute Gasteiger partial charge is 0.444 e. The van der Waals surface area contributed by atoms with Gasteiger partial charge in [-0.3, -0.25) is 4.79 Å². The third kappa shape index (κ3) is 4.40. The summed E-state index contributed by atoms with van der Waals surface area (Å²) in [5, 5.41) is 2.63. The molecule has 138 valence electrons. The van der Waals surface area contributed by atoms with Crippen molar-refractivity contribution in [1.82, 2.24) is 14.8 Å². The number of amides is 2. The molecule has 1 saturated heterocycles. The van der Waals surface area contributed by atoms with E-state index in [2.05, 4.69) is 4.98 Å². The Morgan fingerprint density at radius 3 is 2.27 bits per heavy atom. The van der Waals surface area contributed by atoms with Crippen molar-refractivity contribution in [3.05, 3.63) is 41.4 Å². The minimum absolute atomic E-state index is 0.0905. The van der Waals surface area contributed by atoms with Gasteiger partial charge in [0.05, 0.1) is 0 Å². The minimum atomic E-state index is -0.515. The number of aromatic nitrogens is 1. The second kappa shape index (κ2) is 7.45. The molecule has 3 rings (SSSR count). The lowest BCUT2D eigenvalue weighted by molar-refractivity contribution is 0.0140. The van der Waals surface area contributed by atoms with Crippen LogP contribution in [0, 0.1) is 0 Å². The number of carbonyl (C=O) groups excluding carboxylic acids is 2. The van der Waals surface area contributed by atoms with E-state index in [4.69, 9.17) is 4.74 Å². The van der Waals surface area contributed by atoms with E-state index in [-0.39, 0.29) is 12.0 Å². The Bertz CT molecular complexity index is 775. The van der Waals surface area contributed by atoms with Gasteiger partial charge in [0, 0.05) is 37.1 Å². The van der Waals surface area contributed by atoms with Gasteiger partial charge >= 0.3 is 6.09 Å². The van der Waals surface area contributed by atoms with Crippen molar-refractivity contribution in [3.63, 3.8) is 0 Å². The van der Waals surface area contributed by atoms with Crippen LogP contribution in [0.2, 0.25) is 0 Å². The van der Waals surface area contributed by atoms with E-state index < -0.39 is 5.60 Å². The van der Waals surface area contributed by atoms with Gasteiger partial charge in [-0.15, -0.1) is 11.3 Å². The molecule has 2 aromatic rings. The predicted octanol–water partition coefficient (Wildman–Crippen LogP) is 3.50. The number of ether oxygens (including phenoxy) is 1. The Labute approximate surface area is 157 Å². The molecule has 1 aromatic carbocycles. The van der Waals surface area contributed by atoms with Crippen LogP contribution in [-0.4, -0.2) is 58.6 Å². The Morgan fingerprint density at radius 1 is 1.04 bits per heavy atom. The van der Waals surface area contributed by atoms with Crippen molar-refractivity contribution in [2.24, 2.45) is 0 Å². The van der Waals surface area contributed by atoms with Gasteiger partial charge in [-0.1, -0.05) is 30.3 Å². The summed E-state index contributed by atoms with van der Waals surface area (Å²) in [6, 6.07) is 9.81. The van der Waals surface area contributed by atoms with Gasteiger partial charge < -0.3 is 14.5 Å². The van der Waals surface area contributed by atoms with E-state index in [1.54, 1.807) is 15.2 Å². The number of nitrogens with zero attached hydrogens (tertiary/aromatic N) is 3. The molecule has 2 amide bonds. The zero-order chi connectivity index (χ0) is 18.7. The third-order valence-electron chi connectivity index (χ3n) is 3.96. The highest BCUT2D eigenvalue weighted by molar-refractivity contribution is 7.13. The van der Waals surface area contributed by atoms with E-state index in [0.29, 0.717) is 31.9 Å². The summed E-state index contributed by atoms with van der Waals surface area (Å²) in [6.45, 7) is 7.44. The van der Waals surface area contributed by atoms with Crippen LogP contribution in [0.1, 0.15) is 31.3 Å². The highest BCUT2D eigenvalue weighted by atomic mass is 32.1. The first-order chi connectivity index (χ1) is 12.3. The van der Waals surface area contributed by atoms with Crippen LogP contribution in [0.3, 0.4) is 0 Å². The summed E-state index contributed by atoms with van der Waals surface area (Å²) in [5.74, 6) is -0.0905. The maximum atomic E-state index is 12.7. The number of thiazole rings is 1. The number of piperazine rings is 1. The lowest BCUT2D eigenvalue weighted by Crippen LogP contribution is -2.51. The van der Waals surface area contributed by atoms with E-state index in [1.165, 1.54) is 11.3 Å². The molecule has 0 spiro atoms. The molecule has 0 unspecified atom stereocenters. The van der Waals surface area contributed by atoms with Crippen LogP contribution in [0.15, 0.2) is 35.7 Å². The van der Waals surface area contributed by atoms with E-state index in [9.17, 15) is 9.59 Å². The first-order valence-electron chi connectivity index (χ1n) is 8.62. The van der Waals surface area contributed by atoms with Crippen molar-refractivity contribution < 1.29 is 14.3 Å². The zero-order valence-corrected chi connectivity index (χ0v) is 16.1. The number of benzene rings is 1. The quantitative estimate of drug-likeness (QED) is 0.808. The van der Waals surface area contributed by atoms with Gasteiger partial charge in [-0.25, -0.2) is 9.78 Å². The van der Waals surface area contributed by atoms with Crippen LogP contribution in [-0.2, 0) is 4.74 Å². The van der Waals surface area contributed by atoms with E-state index in [1.807, 2.05) is 51.1 Å². The molecule has 1 aliphatic rings. The van der Waals surface area contributed by atoms with Gasteiger partial charge in [0.1, 0.15) is 16.3 Å². The van der Waals surface area contributed by atoms with Gasteiger partial charge in [-0.2, -0.15) is 0 Å². The minimum Gasteiger partial charge on any atom is -0.444 e. The fourth-order valence-corrected chi connectivity index (χ4v) is 3.47. The summed E-state index contributed by atoms with van der Waals surface area (Å²) in [7, 11) is 0. The topological polar surface area (TPSA) is 62.7 Å². The molecule has 0 atom stereocenters. The average molecular weight is 373 g/mol. The molecule has 2 heterocycles. The Kier molecular flexibility index (Phi) is 5.27. The summed E-state index contributed by atoms with van der Waals surface area (Å²) >= 11 is 1.46. The van der Waals surface area contributed by atoms with Gasteiger partial charge in [0.25, 0.3) is 5.91 Å². The molecule has 26 heavy (non-hydrogen) atoms. The Hall–Kier alpha value is -2.41. The van der Waals surface area contributed by atoms with Crippen molar-refractivity contribution in [3.8, 4) is 10.6 Å². The molecule has 0 N–H and O–H groups in total. The Balaban J connectivity index is 1.59. The van der Waals surface area contributed by atoms with Crippen molar-refractivity contribution in [2.45, 2.75) is 26.4 Å². The molecule has 0 radical (unpaired) electrons. The van der Waals surface area contributed by atoms with Gasteiger partial charge in [0.15, 0.2) is 0 Å². The molecule has 1 fully saturated rings. The Morgan fingerprint density at radius 2 is 1.65 bits per heavy atom. The molecule has 1 aliphatic heterocycles. The average Bonchev–Trinajstić information content (AvgIpc) is 3.11. The second-order valence-electron chi connectivity index (χ2n) is 7.16. The molecule has 1 aromatic heterocycles. The normalized spacial score (nSPS) is 15.0. The van der Waals surface area contributed by atoms with E-state index >= 15 is 0 Å². The highest BCUT2D eigenvalue weighted by Gasteiger charge is 2.28. The van der Waals surface area contributed by atoms with Crippen LogP contribution in [0.5, 0.6) is 0 Å². The molecule has 6 nitrogen and oxygen atoms in total. The van der Waals surface area contributed by atoms with Crippen molar-refractivity contribution in [2.75, 3.05) is 26.2 Å². The number of rotatable bonds is 2. The van der Waals surface area contributed by atoms with Crippen LogP contribution < -0.4 is 0 Å². The van der Waals surface area contributed by atoms with Crippen molar-refractivity contribution >= 4 is 23.3 Å². The van der Waals surface area contributed by atoms with E-state index in [0.717, 1.165) is 10.6 Å². The van der Waals surface area contributed by atoms with Gasteiger partial charge in [0.2, 0.25) is 0 Å². The number of hydrogen-bond donors (Lipinski definition) is 0. The summed E-state index contributed by atoms with van der Waals surface area (Å²) < 4.78 is 5.38. The smallest absolute Gasteiger partial charge is 0.410 e. The van der Waals surface area contributed by atoms with Crippen LogP contribution in [0.25, 0.3) is 10.6 Å². The van der Waals surface area contributed by atoms with Crippen molar-refractivity contribution in [1.29, 1.82) is 0 Å². The van der Waals surface area contributed by atoms with Crippen LogP contribution in [0.4, 0.5) is 4.79 Å². The number of carbonyl (C=O) groups is 2. The number of hydrogen-bond acceptors (Lipinski definition) is 5. The highest BCUT2D eigenvalue weighted by Crippen LogP contribution is 2.24. The fraction of sp³-hybridized carbons (Fsp3) is 0.421.